The number of aryl methyl sites for hydroxylation is 1. The molecule has 1 aromatic heterocycles. The molecule has 36 heavy (non-hydrogen) atoms. The number of halogens is 1. The summed E-state index contributed by atoms with van der Waals surface area (Å²) in [5.74, 6) is -0.884. The highest BCUT2D eigenvalue weighted by atomic mass is 79.9. The largest absolute Gasteiger partial charge is 0.353 e. The zero-order valence-electron chi connectivity index (χ0n) is 19.6. The number of hydrogen-bond acceptors (Lipinski definition) is 6. The summed E-state index contributed by atoms with van der Waals surface area (Å²) in [4.78, 5) is 27.0. The molecule has 0 spiro atoms. The summed E-state index contributed by atoms with van der Waals surface area (Å²) < 4.78 is 0.868. The molecule has 0 bridgehead atoms. The highest BCUT2D eigenvalue weighted by Gasteiger charge is 2.35. The number of thioether (sulfide) groups is 1. The van der Waals surface area contributed by atoms with Crippen molar-refractivity contribution in [1.82, 2.24) is 5.32 Å². The van der Waals surface area contributed by atoms with E-state index in [0.29, 0.717) is 27.6 Å². The molecule has 2 aromatic carbocycles. The second-order valence-electron chi connectivity index (χ2n) is 8.08. The van der Waals surface area contributed by atoms with Crippen molar-refractivity contribution in [2.75, 3.05) is 16.4 Å². The van der Waals surface area contributed by atoms with Gasteiger partial charge in [-0.05, 0) is 55.1 Å². The van der Waals surface area contributed by atoms with E-state index in [1.807, 2.05) is 79.9 Å². The van der Waals surface area contributed by atoms with Gasteiger partial charge in [0.05, 0.1) is 28.3 Å². The third-order valence-electron chi connectivity index (χ3n) is 5.57. The third kappa shape index (κ3) is 5.90. The fourth-order valence-corrected chi connectivity index (χ4v) is 6.01. The molecule has 2 heterocycles. The summed E-state index contributed by atoms with van der Waals surface area (Å²) >= 11 is 6.14. The van der Waals surface area contributed by atoms with Gasteiger partial charge in [-0.25, -0.2) is 0 Å². The molecule has 4 rings (SSSR count). The summed E-state index contributed by atoms with van der Waals surface area (Å²) in [7, 11) is 0. The minimum Gasteiger partial charge on any atom is -0.353 e. The second-order valence-corrected chi connectivity index (χ2v) is 11.0. The lowest BCUT2D eigenvalue weighted by atomic mass is 9.86. The number of hydrogen-bond donors (Lipinski definition) is 3. The number of para-hydroxylation sites is 1. The summed E-state index contributed by atoms with van der Waals surface area (Å²) in [6.45, 7) is 3.75. The van der Waals surface area contributed by atoms with E-state index in [1.54, 1.807) is 0 Å². The third-order valence-corrected chi connectivity index (χ3v) is 8.02. The van der Waals surface area contributed by atoms with Gasteiger partial charge < -0.3 is 16.0 Å². The smallest absolute Gasteiger partial charge is 0.254 e. The van der Waals surface area contributed by atoms with E-state index in [1.165, 1.54) is 23.1 Å². The molecular formula is C27H23BrN4O2S2. The summed E-state index contributed by atoms with van der Waals surface area (Å²) in [5, 5.41) is 21.8. The number of carbonyl (C=O) groups excluding carboxylic acids is 2. The van der Waals surface area contributed by atoms with E-state index in [-0.39, 0.29) is 17.6 Å². The van der Waals surface area contributed by atoms with Crippen LogP contribution in [0.5, 0.6) is 0 Å². The topological polar surface area (TPSA) is 94.0 Å². The van der Waals surface area contributed by atoms with E-state index in [4.69, 9.17) is 0 Å². The van der Waals surface area contributed by atoms with Crippen LogP contribution in [0.1, 0.15) is 23.3 Å². The van der Waals surface area contributed by atoms with E-state index in [0.717, 1.165) is 20.6 Å². The van der Waals surface area contributed by atoms with E-state index in [9.17, 15) is 14.9 Å². The average Bonchev–Trinajstić information content (AvgIpc) is 3.38. The van der Waals surface area contributed by atoms with Crippen molar-refractivity contribution in [2.45, 2.75) is 19.8 Å². The first-order valence-electron chi connectivity index (χ1n) is 11.1. The van der Waals surface area contributed by atoms with E-state index >= 15 is 0 Å². The van der Waals surface area contributed by atoms with Crippen LogP contribution in [0.25, 0.3) is 0 Å². The van der Waals surface area contributed by atoms with Gasteiger partial charge in [0.1, 0.15) is 0 Å². The zero-order valence-corrected chi connectivity index (χ0v) is 22.8. The molecule has 6 nitrogen and oxygen atoms in total. The Bertz CT molecular complexity index is 1410. The van der Waals surface area contributed by atoms with Crippen LogP contribution < -0.4 is 16.0 Å². The Morgan fingerprint density at radius 2 is 1.92 bits per heavy atom. The summed E-state index contributed by atoms with van der Waals surface area (Å²) in [5.41, 5.74) is 3.90. The van der Waals surface area contributed by atoms with Crippen LogP contribution in [-0.2, 0) is 9.59 Å². The van der Waals surface area contributed by atoms with E-state index < -0.39 is 5.92 Å². The molecule has 1 aliphatic heterocycles. The molecule has 182 valence electrons. The van der Waals surface area contributed by atoms with Gasteiger partial charge in [0.25, 0.3) is 5.91 Å². The fraction of sp³-hybridized carbons (Fsp3) is 0.148. The molecule has 1 aliphatic rings. The van der Waals surface area contributed by atoms with Crippen molar-refractivity contribution in [2.24, 2.45) is 0 Å². The molecular weight excluding hydrogens is 556 g/mol. The highest BCUT2D eigenvalue weighted by Crippen LogP contribution is 2.42. The summed E-state index contributed by atoms with van der Waals surface area (Å²) in [6, 6.07) is 21.1. The van der Waals surface area contributed by atoms with Crippen LogP contribution in [0.15, 0.2) is 92.4 Å². The number of allylic oxidation sites excluding steroid dienone is 2. The van der Waals surface area contributed by atoms with Gasteiger partial charge >= 0.3 is 0 Å². The highest BCUT2D eigenvalue weighted by molar-refractivity contribution is 9.10. The first kappa shape index (κ1) is 25.8. The summed E-state index contributed by atoms with van der Waals surface area (Å²) in [6.07, 6.45) is 0. The lowest BCUT2D eigenvalue weighted by Gasteiger charge is -2.29. The van der Waals surface area contributed by atoms with Gasteiger partial charge in [-0.1, -0.05) is 58.0 Å². The number of amides is 2. The monoisotopic (exact) mass is 578 g/mol. The number of nitrogens with zero attached hydrogens (tertiary/aromatic N) is 1. The number of carbonyl (C=O) groups is 2. The van der Waals surface area contributed by atoms with Gasteiger partial charge in [0, 0.05) is 32.0 Å². The zero-order chi connectivity index (χ0) is 25.7. The predicted molar refractivity (Wildman–Crippen MR) is 151 cm³/mol. The second kappa shape index (κ2) is 11.6. The number of nitrogens with one attached hydrogen (secondary N) is 3. The van der Waals surface area contributed by atoms with Crippen molar-refractivity contribution in [3.63, 3.8) is 0 Å². The van der Waals surface area contributed by atoms with Crippen LogP contribution in [0.2, 0.25) is 0 Å². The molecule has 9 heteroatoms. The Labute approximate surface area is 226 Å². The first-order valence-corrected chi connectivity index (χ1v) is 13.7. The quantitative estimate of drug-likeness (QED) is 0.296. The number of dihydropyridines is 1. The standard InChI is InChI=1S/C27H23BrN4O2S2/c1-16-7-3-4-10-21(16)32-26(34)24-17(2)30-27(20(14-29)25(24)22-11-6-12-35-22)36-15-23(33)31-19-9-5-8-18(28)13-19/h3-13,25,30H,15H2,1-2H3,(H,31,33)(H,32,34)/t25-/m1/s1. The van der Waals surface area contributed by atoms with Gasteiger partial charge in [-0.2, -0.15) is 5.26 Å². The minimum absolute atomic E-state index is 0.106. The molecule has 0 saturated heterocycles. The Morgan fingerprint density at radius 3 is 2.61 bits per heavy atom. The molecule has 3 N–H and O–H groups in total. The van der Waals surface area contributed by atoms with Gasteiger partial charge in [-0.3, -0.25) is 9.59 Å². The van der Waals surface area contributed by atoms with Crippen LogP contribution in [0.4, 0.5) is 11.4 Å². The van der Waals surface area contributed by atoms with Crippen LogP contribution in [0, 0.1) is 18.3 Å². The van der Waals surface area contributed by atoms with Gasteiger partial charge in [-0.15, -0.1) is 11.3 Å². The van der Waals surface area contributed by atoms with Crippen molar-refractivity contribution >= 4 is 62.2 Å². The Morgan fingerprint density at radius 1 is 1.11 bits per heavy atom. The maximum absolute atomic E-state index is 13.5. The van der Waals surface area contributed by atoms with Gasteiger partial charge in [0.2, 0.25) is 5.91 Å². The van der Waals surface area contributed by atoms with Crippen molar-refractivity contribution < 1.29 is 9.59 Å². The van der Waals surface area contributed by atoms with Crippen LogP contribution in [-0.4, -0.2) is 17.6 Å². The Hall–Kier alpha value is -3.32. The van der Waals surface area contributed by atoms with Crippen LogP contribution in [0.3, 0.4) is 0 Å². The predicted octanol–water partition coefficient (Wildman–Crippen LogP) is 6.53. The minimum atomic E-state index is -0.532. The number of rotatable bonds is 7. The lowest BCUT2D eigenvalue weighted by molar-refractivity contribution is -0.114. The molecule has 3 aromatic rings. The van der Waals surface area contributed by atoms with Crippen LogP contribution >= 0.6 is 39.0 Å². The van der Waals surface area contributed by atoms with Crippen molar-refractivity contribution in [3.8, 4) is 6.07 Å². The molecule has 0 radical (unpaired) electrons. The molecule has 0 fully saturated rings. The van der Waals surface area contributed by atoms with E-state index in [2.05, 4.69) is 37.9 Å². The normalized spacial score (nSPS) is 15.2. The lowest BCUT2D eigenvalue weighted by Crippen LogP contribution is -2.31. The molecule has 0 aliphatic carbocycles. The SMILES string of the molecule is CC1=C(C(=O)Nc2ccccc2C)[C@@H](c2cccs2)C(C#N)=C(SCC(=O)Nc2cccc(Br)c2)N1. The maximum atomic E-state index is 13.5. The Balaban J connectivity index is 1.59. The van der Waals surface area contributed by atoms with Gasteiger partial charge in [0.15, 0.2) is 0 Å². The number of anilines is 2. The van der Waals surface area contributed by atoms with Crippen molar-refractivity contribution in [3.05, 3.63) is 103 Å². The molecule has 2 amide bonds. The number of nitriles is 1. The number of thiophene rings is 1. The fourth-order valence-electron chi connectivity index (χ4n) is 3.87. The Kier molecular flexibility index (Phi) is 8.31. The van der Waals surface area contributed by atoms with Crippen molar-refractivity contribution in [1.29, 1.82) is 5.26 Å². The average molecular weight is 580 g/mol. The number of benzene rings is 2. The maximum Gasteiger partial charge on any atom is 0.254 e. The first-order chi connectivity index (χ1) is 17.4. The molecule has 1 atom stereocenters. The molecule has 0 saturated carbocycles. The molecule has 0 unspecified atom stereocenters.